The summed E-state index contributed by atoms with van der Waals surface area (Å²) in [6, 6.07) is 17.9. The zero-order chi connectivity index (χ0) is 19.2. The number of carbonyl (C=O) groups is 1. The van der Waals surface area contributed by atoms with E-state index >= 15 is 0 Å². The molecule has 1 aliphatic rings. The average Bonchev–Trinajstić information content (AvgIpc) is 3.50. The summed E-state index contributed by atoms with van der Waals surface area (Å²) in [5.74, 6) is 1.40. The number of hydrogen-bond acceptors (Lipinski definition) is 3. The maximum absolute atomic E-state index is 12.6. The predicted octanol–water partition coefficient (Wildman–Crippen LogP) is 3.57. The van der Waals surface area contributed by atoms with Gasteiger partial charge in [-0.3, -0.25) is 4.79 Å². The Hall–Kier alpha value is -2.33. The Morgan fingerprint density at radius 2 is 1.78 bits per heavy atom. The Bertz CT molecular complexity index is 724. The number of phenolic OH excluding ortho intramolecular Hbond substituents is 1. The van der Waals surface area contributed by atoms with E-state index in [1.807, 2.05) is 32.3 Å². The molecule has 0 bridgehead atoms. The number of amides is 1. The number of rotatable bonds is 9. The first-order valence-electron chi connectivity index (χ1n) is 9.79. The summed E-state index contributed by atoms with van der Waals surface area (Å²) in [5.41, 5.74) is 2.43. The largest absolute Gasteiger partial charge is 0.508 e. The summed E-state index contributed by atoms with van der Waals surface area (Å²) in [7, 11) is 4.07. The van der Waals surface area contributed by atoms with Crippen LogP contribution in [0.25, 0.3) is 0 Å². The van der Waals surface area contributed by atoms with E-state index in [0.29, 0.717) is 24.8 Å². The van der Waals surface area contributed by atoms with Crippen LogP contribution >= 0.6 is 0 Å². The van der Waals surface area contributed by atoms with E-state index in [4.69, 9.17) is 0 Å². The van der Waals surface area contributed by atoms with Crippen molar-refractivity contribution in [1.82, 2.24) is 10.2 Å². The molecule has 4 nitrogen and oxygen atoms in total. The van der Waals surface area contributed by atoms with Gasteiger partial charge in [-0.2, -0.15) is 0 Å². The number of benzene rings is 2. The van der Waals surface area contributed by atoms with Gasteiger partial charge in [-0.05, 0) is 68.5 Å². The summed E-state index contributed by atoms with van der Waals surface area (Å²) in [4.78, 5) is 14.8. The highest BCUT2D eigenvalue weighted by molar-refractivity contribution is 5.77. The Morgan fingerprint density at radius 3 is 2.37 bits per heavy atom. The lowest BCUT2D eigenvalue weighted by molar-refractivity contribution is -0.121. The van der Waals surface area contributed by atoms with Gasteiger partial charge in [-0.1, -0.05) is 42.5 Å². The fourth-order valence-electron chi connectivity index (χ4n) is 3.60. The number of hydrogen-bond donors (Lipinski definition) is 2. The first kappa shape index (κ1) is 19.4. The normalized spacial score (nSPS) is 16.1. The number of nitrogens with zero attached hydrogens (tertiary/aromatic N) is 1. The van der Waals surface area contributed by atoms with E-state index < -0.39 is 0 Å². The van der Waals surface area contributed by atoms with Crippen molar-refractivity contribution in [2.45, 2.75) is 37.6 Å². The van der Waals surface area contributed by atoms with Gasteiger partial charge >= 0.3 is 0 Å². The van der Waals surface area contributed by atoms with E-state index in [1.165, 1.54) is 18.4 Å². The quantitative estimate of drug-likeness (QED) is 0.713. The second-order valence-corrected chi connectivity index (χ2v) is 7.85. The van der Waals surface area contributed by atoms with Gasteiger partial charge in [0, 0.05) is 19.0 Å². The van der Waals surface area contributed by atoms with Crippen LogP contribution < -0.4 is 5.32 Å². The zero-order valence-corrected chi connectivity index (χ0v) is 16.3. The Balaban J connectivity index is 1.54. The molecular weight excluding hydrogens is 336 g/mol. The number of phenols is 1. The fraction of sp³-hybridized carbons (Fsp3) is 0.435. The highest BCUT2D eigenvalue weighted by atomic mass is 16.3. The number of carbonyl (C=O) groups excluding carboxylic acids is 1. The molecule has 4 heteroatoms. The second-order valence-electron chi connectivity index (χ2n) is 7.85. The van der Waals surface area contributed by atoms with Crippen molar-refractivity contribution in [2.24, 2.45) is 5.92 Å². The summed E-state index contributed by atoms with van der Waals surface area (Å²) in [6.45, 7) is 0.624. The van der Waals surface area contributed by atoms with Gasteiger partial charge in [0.15, 0.2) is 0 Å². The lowest BCUT2D eigenvalue weighted by Gasteiger charge is -2.25. The molecule has 2 aromatic carbocycles. The molecular formula is C23H30N2O2. The van der Waals surface area contributed by atoms with Crippen molar-refractivity contribution >= 4 is 5.91 Å². The van der Waals surface area contributed by atoms with E-state index in [9.17, 15) is 9.90 Å². The summed E-state index contributed by atoms with van der Waals surface area (Å²) >= 11 is 0. The first-order chi connectivity index (χ1) is 13.0. The highest BCUT2D eigenvalue weighted by Gasteiger charge is 2.33. The number of nitrogens with one attached hydrogen (secondary N) is 1. The van der Waals surface area contributed by atoms with E-state index in [0.717, 1.165) is 12.0 Å². The van der Waals surface area contributed by atoms with Gasteiger partial charge in [0.25, 0.3) is 0 Å². The standard InChI is InChI=1S/C23H30N2O2/c1-25(2)20(14-17-8-12-21(26)13-9-17)16-24-23(27)15-22(19-10-11-19)18-6-4-3-5-7-18/h3-9,12-13,19-20,22,26H,10-11,14-16H2,1-2H3,(H,24,27)/t20-,22+/m0/s1. The molecule has 1 amide bonds. The van der Waals surface area contributed by atoms with Crippen LogP contribution in [-0.2, 0) is 11.2 Å². The van der Waals surface area contributed by atoms with Gasteiger partial charge in [0.1, 0.15) is 5.75 Å². The molecule has 3 rings (SSSR count). The van der Waals surface area contributed by atoms with E-state index in [-0.39, 0.29) is 17.7 Å². The van der Waals surface area contributed by atoms with Crippen LogP contribution in [0.3, 0.4) is 0 Å². The lowest BCUT2D eigenvalue weighted by Crippen LogP contribution is -2.42. The van der Waals surface area contributed by atoms with Crippen LogP contribution in [0.15, 0.2) is 54.6 Å². The van der Waals surface area contributed by atoms with Gasteiger partial charge in [-0.15, -0.1) is 0 Å². The maximum atomic E-state index is 12.6. The molecule has 0 saturated heterocycles. The van der Waals surface area contributed by atoms with Crippen molar-refractivity contribution in [3.8, 4) is 5.75 Å². The molecule has 144 valence electrons. The van der Waals surface area contributed by atoms with Crippen LogP contribution in [0.5, 0.6) is 5.75 Å². The fourth-order valence-corrected chi connectivity index (χ4v) is 3.60. The Labute approximate surface area is 162 Å². The molecule has 1 aliphatic carbocycles. The van der Waals surface area contributed by atoms with Crippen molar-refractivity contribution in [1.29, 1.82) is 0 Å². The van der Waals surface area contributed by atoms with Crippen molar-refractivity contribution in [2.75, 3.05) is 20.6 Å². The number of aromatic hydroxyl groups is 1. The van der Waals surface area contributed by atoms with Gasteiger partial charge < -0.3 is 15.3 Å². The summed E-state index contributed by atoms with van der Waals surface area (Å²) < 4.78 is 0. The van der Waals surface area contributed by atoms with Crippen LogP contribution in [0.4, 0.5) is 0 Å². The minimum Gasteiger partial charge on any atom is -0.508 e. The first-order valence-corrected chi connectivity index (χ1v) is 9.79. The van der Waals surface area contributed by atoms with Crippen LogP contribution in [-0.4, -0.2) is 42.6 Å². The molecule has 0 spiro atoms. The molecule has 2 atom stereocenters. The lowest BCUT2D eigenvalue weighted by atomic mass is 9.90. The third-order valence-electron chi connectivity index (χ3n) is 5.50. The minimum atomic E-state index is 0.133. The predicted molar refractivity (Wildman–Crippen MR) is 109 cm³/mol. The Kier molecular flexibility index (Phi) is 6.51. The molecule has 1 fully saturated rings. The Morgan fingerprint density at radius 1 is 1.11 bits per heavy atom. The third-order valence-corrected chi connectivity index (χ3v) is 5.50. The minimum absolute atomic E-state index is 0.133. The molecule has 0 heterocycles. The molecule has 0 radical (unpaired) electrons. The molecule has 2 N–H and O–H groups in total. The van der Waals surface area contributed by atoms with E-state index in [2.05, 4.69) is 34.5 Å². The molecule has 2 aromatic rings. The zero-order valence-electron chi connectivity index (χ0n) is 16.3. The van der Waals surface area contributed by atoms with Gasteiger partial charge in [-0.25, -0.2) is 0 Å². The maximum Gasteiger partial charge on any atom is 0.220 e. The average molecular weight is 367 g/mol. The second kappa shape index (κ2) is 9.05. The highest BCUT2D eigenvalue weighted by Crippen LogP contribution is 2.44. The summed E-state index contributed by atoms with van der Waals surface area (Å²) in [6.07, 6.45) is 3.86. The molecule has 27 heavy (non-hydrogen) atoms. The van der Waals surface area contributed by atoms with Crippen molar-refractivity contribution in [3.05, 3.63) is 65.7 Å². The monoisotopic (exact) mass is 366 g/mol. The molecule has 0 aromatic heterocycles. The topological polar surface area (TPSA) is 52.6 Å². The van der Waals surface area contributed by atoms with Crippen LogP contribution in [0, 0.1) is 5.92 Å². The van der Waals surface area contributed by atoms with Crippen molar-refractivity contribution < 1.29 is 9.90 Å². The van der Waals surface area contributed by atoms with Crippen molar-refractivity contribution in [3.63, 3.8) is 0 Å². The van der Waals surface area contributed by atoms with Gasteiger partial charge in [0.05, 0.1) is 0 Å². The molecule has 1 saturated carbocycles. The van der Waals surface area contributed by atoms with Crippen LogP contribution in [0.1, 0.15) is 36.3 Å². The summed E-state index contributed by atoms with van der Waals surface area (Å²) in [5, 5.41) is 12.6. The van der Waals surface area contributed by atoms with Gasteiger partial charge in [0.2, 0.25) is 5.91 Å². The SMILES string of the molecule is CN(C)[C@H](CNC(=O)C[C@H](c1ccccc1)C1CC1)Cc1ccc(O)cc1. The molecule has 0 aliphatic heterocycles. The van der Waals surface area contributed by atoms with E-state index in [1.54, 1.807) is 12.1 Å². The third kappa shape index (κ3) is 5.83. The number of likely N-dealkylation sites (N-methyl/N-ethyl adjacent to an activating group) is 1. The smallest absolute Gasteiger partial charge is 0.220 e. The van der Waals surface area contributed by atoms with Crippen LogP contribution in [0.2, 0.25) is 0 Å². The molecule has 0 unspecified atom stereocenters.